The average Bonchev–Trinajstić information content (AvgIpc) is 2.35. The molecule has 2 rings (SSSR count). The van der Waals surface area contributed by atoms with E-state index in [0.29, 0.717) is 16.6 Å². The van der Waals surface area contributed by atoms with Crippen LogP contribution in [-0.2, 0) is 0 Å². The van der Waals surface area contributed by atoms with Crippen LogP contribution in [0.25, 0.3) is 0 Å². The van der Waals surface area contributed by atoms with Crippen LogP contribution in [0.2, 0.25) is 0 Å². The van der Waals surface area contributed by atoms with Crippen molar-refractivity contribution in [3.05, 3.63) is 32.7 Å². The number of halogens is 2. The lowest BCUT2D eigenvalue weighted by atomic mass is 10.1. The Morgan fingerprint density at radius 1 is 1.47 bits per heavy atom. The Morgan fingerprint density at radius 2 is 2.16 bits per heavy atom. The summed E-state index contributed by atoms with van der Waals surface area (Å²) in [5.74, 6) is -0.0483. The maximum absolute atomic E-state index is 12.4. The molecule has 2 atom stereocenters. The van der Waals surface area contributed by atoms with E-state index in [4.69, 9.17) is 0 Å². The fraction of sp³-hybridized carbons (Fsp3) is 0.500. The number of amides is 1. The number of aromatic nitrogens is 1. The highest BCUT2D eigenvalue weighted by atomic mass is 79.9. The van der Waals surface area contributed by atoms with Crippen LogP contribution in [0.4, 0.5) is 0 Å². The zero-order chi connectivity index (χ0) is 13.3. The molecular formula is C12H17BrClN3O2. The summed E-state index contributed by atoms with van der Waals surface area (Å²) in [6.45, 7) is 5.56. The number of rotatable bonds is 1. The van der Waals surface area contributed by atoms with Crippen molar-refractivity contribution in [1.82, 2.24) is 15.2 Å². The Kier molecular flexibility index (Phi) is 5.58. The summed E-state index contributed by atoms with van der Waals surface area (Å²) in [6, 6.07) is 1.98. The van der Waals surface area contributed by atoms with Gasteiger partial charge < -0.3 is 15.2 Å². The molecule has 1 aromatic rings. The molecule has 0 aliphatic carbocycles. The van der Waals surface area contributed by atoms with E-state index >= 15 is 0 Å². The van der Waals surface area contributed by atoms with Gasteiger partial charge in [-0.05, 0) is 35.8 Å². The summed E-state index contributed by atoms with van der Waals surface area (Å²) < 4.78 is 0.379. The van der Waals surface area contributed by atoms with Crippen LogP contribution >= 0.6 is 28.3 Å². The molecule has 7 heteroatoms. The van der Waals surface area contributed by atoms with Crippen LogP contribution in [0.1, 0.15) is 24.2 Å². The first kappa shape index (κ1) is 16.2. The quantitative estimate of drug-likeness (QED) is 0.804. The highest BCUT2D eigenvalue weighted by molar-refractivity contribution is 9.10. The largest absolute Gasteiger partial charge is 0.333 e. The predicted molar refractivity (Wildman–Crippen MR) is 80.0 cm³/mol. The van der Waals surface area contributed by atoms with Crippen LogP contribution < -0.4 is 10.9 Å². The number of hydrogen-bond donors (Lipinski definition) is 2. The first-order valence-electron chi connectivity index (χ1n) is 5.93. The molecule has 2 N–H and O–H groups in total. The first-order valence-corrected chi connectivity index (χ1v) is 6.72. The van der Waals surface area contributed by atoms with E-state index < -0.39 is 0 Å². The van der Waals surface area contributed by atoms with Gasteiger partial charge in [-0.15, -0.1) is 12.4 Å². The number of carbonyl (C=O) groups is 1. The average molecular weight is 351 g/mol. The standard InChI is InChI=1S/C12H16BrN3O2.ClH/c1-7-8(2)16(4-3-14-7)12(18)9-5-10(13)11(17)15-6-9;/h5-8,14H,3-4H2,1-2H3,(H,15,17);1H. The lowest BCUT2D eigenvalue weighted by Gasteiger charge is -2.38. The van der Waals surface area contributed by atoms with Gasteiger partial charge in [-0.3, -0.25) is 9.59 Å². The summed E-state index contributed by atoms with van der Waals surface area (Å²) >= 11 is 3.14. The van der Waals surface area contributed by atoms with Gasteiger partial charge in [-0.25, -0.2) is 0 Å². The number of H-pyrrole nitrogens is 1. The molecule has 1 amide bonds. The monoisotopic (exact) mass is 349 g/mol. The van der Waals surface area contributed by atoms with Gasteiger partial charge >= 0.3 is 0 Å². The Morgan fingerprint density at radius 3 is 2.79 bits per heavy atom. The van der Waals surface area contributed by atoms with Crippen LogP contribution in [0.15, 0.2) is 21.5 Å². The van der Waals surface area contributed by atoms with Crippen LogP contribution in [-0.4, -0.2) is 41.0 Å². The number of piperazine rings is 1. The molecule has 19 heavy (non-hydrogen) atoms. The van der Waals surface area contributed by atoms with Gasteiger partial charge in [0.25, 0.3) is 11.5 Å². The minimum absolute atomic E-state index is 0. The topological polar surface area (TPSA) is 65.2 Å². The van der Waals surface area contributed by atoms with Gasteiger partial charge in [-0.2, -0.15) is 0 Å². The molecule has 0 saturated carbocycles. The van der Waals surface area contributed by atoms with Crippen molar-refractivity contribution in [3.63, 3.8) is 0 Å². The maximum atomic E-state index is 12.4. The normalized spacial score (nSPS) is 22.8. The summed E-state index contributed by atoms with van der Waals surface area (Å²) in [5, 5.41) is 3.33. The van der Waals surface area contributed by atoms with E-state index in [1.165, 1.54) is 6.20 Å². The number of hydrogen-bond acceptors (Lipinski definition) is 3. The Bertz CT molecular complexity index is 520. The van der Waals surface area contributed by atoms with Crippen molar-refractivity contribution in [1.29, 1.82) is 0 Å². The first-order chi connectivity index (χ1) is 8.50. The minimum Gasteiger partial charge on any atom is -0.333 e. The Labute approximate surface area is 126 Å². The number of nitrogens with zero attached hydrogens (tertiary/aromatic N) is 1. The van der Waals surface area contributed by atoms with Crippen molar-refractivity contribution in [3.8, 4) is 0 Å². The molecular weight excluding hydrogens is 334 g/mol. The van der Waals surface area contributed by atoms with Crippen LogP contribution in [0.5, 0.6) is 0 Å². The lowest BCUT2D eigenvalue weighted by molar-refractivity contribution is 0.0602. The molecule has 106 valence electrons. The van der Waals surface area contributed by atoms with Crippen molar-refractivity contribution in [2.75, 3.05) is 13.1 Å². The highest BCUT2D eigenvalue weighted by Gasteiger charge is 2.28. The zero-order valence-electron chi connectivity index (χ0n) is 10.8. The second kappa shape index (κ2) is 6.54. The number of carbonyl (C=O) groups excluding carboxylic acids is 1. The highest BCUT2D eigenvalue weighted by Crippen LogP contribution is 2.14. The molecule has 0 aromatic carbocycles. The summed E-state index contributed by atoms with van der Waals surface area (Å²) in [5.41, 5.74) is 0.274. The van der Waals surface area contributed by atoms with Crippen LogP contribution in [0, 0.1) is 0 Å². The van der Waals surface area contributed by atoms with Crippen molar-refractivity contribution < 1.29 is 4.79 Å². The summed E-state index contributed by atoms with van der Waals surface area (Å²) in [6.07, 6.45) is 1.47. The van der Waals surface area contributed by atoms with Crippen LogP contribution in [0.3, 0.4) is 0 Å². The van der Waals surface area contributed by atoms with Gasteiger partial charge in [0.1, 0.15) is 0 Å². The van der Waals surface area contributed by atoms with Gasteiger partial charge in [0, 0.05) is 31.4 Å². The van der Waals surface area contributed by atoms with Gasteiger partial charge in [-0.1, -0.05) is 0 Å². The molecule has 0 radical (unpaired) electrons. The third-order valence-electron chi connectivity index (χ3n) is 3.40. The molecule has 1 aliphatic heterocycles. The van der Waals surface area contributed by atoms with E-state index in [-0.39, 0.29) is 36.0 Å². The smallest absolute Gasteiger partial charge is 0.262 e. The molecule has 1 aliphatic rings. The third kappa shape index (κ3) is 3.38. The lowest BCUT2D eigenvalue weighted by Crippen LogP contribution is -2.57. The second-order valence-electron chi connectivity index (χ2n) is 4.55. The van der Waals surface area contributed by atoms with Gasteiger partial charge in [0.15, 0.2) is 0 Å². The molecule has 1 aromatic heterocycles. The van der Waals surface area contributed by atoms with E-state index in [0.717, 1.165) is 6.54 Å². The number of nitrogens with one attached hydrogen (secondary N) is 2. The fourth-order valence-electron chi connectivity index (χ4n) is 2.09. The van der Waals surface area contributed by atoms with Gasteiger partial charge in [0.2, 0.25) is 0 Å². The fourth-order valence-corrected chi connectivity index (χ4v) is 2.45. The zero-order valence-corrected chi connectivity index (χ0v) is 13.2. The Hall–Kier alpha value is -0.850. The summed E-state index contributed by atoms with van der Waals surface area (Å²) in [4.78, 5) is 28.0. The summed E-state index contributed by atoms with van der Waals surface area (Å²) in [7, 11) is 0. The van der Waals surface area contributed by atoms with E-state index in [1.807, 2.05) is 11.8 Å². The van der Waals surface area contributed by atoms with Gasteiger partial charge in [0.05, 0.1) is 10.0 Å². The molecule has 0 bridgehead atoms. The van der Waals surface area contributed by atoms with Crippen molar-refractivity contribution in [2.24, 2.45) is 0 Å². The molecule has 2 unspecified atom stereocenters. The predicted octanol–water partition coefficient (Wildman–Crippen LogP) is 1.38. The Balaban J connectivity index is 0.00000180. The minimum atomic E-state index is -0.228. The number of aromatic amines is 1. The second-order valence-corrected chi connectivity index (χ2v) is 5.40. The molecule has 1 saturated heterocycles. The molecule has 0 spiro atoms. The van der Waals surface area contributed by atoms with E-state index in [2.05, 4.69) is 33.2 Å². The SMILES string of the molecule is CC1NCCN(C(=O)c2c[nH]c(=O)c(Br)c2)C1C.Cl. The maximum Gasteiger partial charge on any atom is 0.262 e. The molecule has 5 nitrogen and oxygen atoms in total. The van der Waals surface area contributed by atoms with E-state index in [1.54, 1.807) is 6.07 Å². The van der Waals surface area contributed by atoms with Crippen molar-refractivity contribution in [2.45, 2.75) is 25.9 Å². The van der Waals surface area contributed by atoms with E-state index in [9.17, 15) is 9.59 Å². The molecule has 2 heterocycles. The number of pyridine rings is 1. The molecule has 1 fully saturated rings. The van der Waals surface area contributed by atoms with Crippen molar-refractivity contribution >= 4 is 34.2 Å². The third-order valence-corrected chi connectivity index (χ3v) is 3.99.